The fourth-order valence-electron chi connectivity index (χ4n) is 6.61. The van der Waals surface area contributed by atoms with Crippen molar-refractivity contribution in [1.82, 2.24) is 9.55 Å². The van der Waals surface area contributed by atoms with Crippen molar-refractivity contribution in [2.45, 2.75) is 0 Å². The van der Waals surface area contributed by atoms with Crippen molar-refractivity contribution in [3.05, 3.63) is 158 Å². The minimum atomic E-state index is 0.140. The lowest BCUT2D eigenvalue weighted by atomic mass is 9.95. The van der Waals surface area contributed by atoms with E-state index in [1.807, 2.05) is 12.1 Å². The van der Waals surface area contributed by atoms with E-state index in [4.69, 9.17) is 14.5 Å². The average Bonchev–Trinajstić information content (AvgIpc) is 3.35. The highest BCUT2D eigenvalue weighted by Crippen LogP contribution is 2.43. The van der Waals surface area contributed by atoms with Crippen LogP contribution in [0.5, 0.6) is 11.5 Å². The zero-order chi connectivity index (χ0) is 30.5. The third-order valence-electron chi connectivity index (χ3n) is 8.80. The number of rotatable bonds is 4. The molecule has 0 spiro atoms. The maximum absolute atomic E-state index is 6.25. The Balaban J connectivity index is 1.19. The van der Waals surface area contributed by atoms with Crippen molar-refractivity contribution >= 4 is 21.8 Å². The summed E-state index contributed by atoms with van der Waals surface area (Å²) in [7, 11) is 0. The van der Waals surface area contributed by atoms with Crippen LogP contribution in [0.2, 0.25) is 0 Å². The molecular weight excluding hydrogens is 564 g/mol. The van der Waals surface area contributed by atoms with E-state index in [1.54, 1.807) is 0 Å². The Hall–Kier alpha value is -6.13. The standard InChI is InChI=1S/C42H28N2O2/c1-3-11-28(12-4-1)37-24-31(25-38(43-37)29-13-5-2-6-14-29)30-19-22-41-36(23-30)35-21-20-32(26-42(35)46-27-45-41)44-39-17-9-7-15-33(39)34-16-8-10-18-40(34)44/h1-26H,27H2. The summed E-state index contributed by atoms with van der Waals surface area (Å²) >= 11 is 0. The lowest BCUT2D eigenvalue weighted by molar-refractivity contribution is 0.125. The third-order valence-corrected chi connectivity index (χ3v) is 8.80. The maximum atomic E-state index is 6.25. The second-order valence-electron chi connectivity index (χ2n) is 11.5. The Morgan fingerprint density at radius 3 is 1.67 bits per heavy atom. The SMILES string of the molecule is c1ccc(-c2cc(-c3ccc4c(c3)-c3ccc(-n5c6ccccc6c6ccccc65)cc3OCO4)cc(-c3ccccc3)n2)cc1. The van der Waals surface area contributed by atoms with Crippen LogP contribution < -0.4 is 9.47 Å². The monoisotopic (exact) mass is 592 g/mol. The lowest BCUT2D eigenvalue weighted by Crippen LogP contribution is -2.04. The van der Waals surface area contributed by atoms with Gasteiger partial charge < -0.3 is 14.0 Å². The van der Waals surface area contributed by atoms with Crippen LogP contribution in [0.15, 0.2) is 158 Å². The molecule has 4 nitrogen and oxygen atoms in total. The molecule has 1 aliphatic rings. The largest absolute Gasteiger partial charge is 0.457 e. The molecule has 0 amide bonds. The molecule has 8 aromatic rings. The summed E-state index contributed by atoms with van der Waals surface area (Å²) < 4.78 is 14.7. The first-order valence-corrected chi connectivity index (χ1v) is 15.5. The van der Waals surface area contributed by atoms with E-state index in [0.717, 1.165) is 73.0 Å². The summed E-state index contributed by atoms with van der Waals surface area (Å²) in [6.45, 7) is 0.140. The highest BCUT2D eigenvalue weighted by Gasteiger charge is 2.20. The van der Waals surface area contributed by atoms with Gasteiger partial charge in [-0.25, -0.2) is 4.98 Å². The summed E-state index contributed by atoms with van der Waals surface area (Å²) in [6, 6.07) is 55.0. The predicted molar refractivity (Wildman–Crippen MR) is 186 cm³/mol. The first-order chi connectivity index (χ1) is 22.8. The van der Waals surface area contributed by atoms with E-state index >= 15 is 0 Å². The molecule has 1 aliphatic heterocycles. The van der Waals surface area contributed by atoms with Crippen molar-refractivity contribution in [1.29, 1.82) is 0 Å². The van der Waals surface area contributed by atoms with Gasteiger partial charge >= 0.3 is 0 Å². The highest BCUT2D eigenvalue weighted by atomic mass is 16.7. The van der Waals surface area contributed by atoms with E-state index in [-0.39, 0.29) is 6.79 Å². The molecule has 0 bridgehead atoms. The van der Waals surface area contributed by atoms with Crippen LogP contribution in [-0.4, -0.2) is 16.3 Å². The van der Waals surface area contributed by atoms with Gasteiger partial charge in [0.15, 0.2) is 0 Å². The zero-order valence-electron chi connectivity index (χ0n) is 24.9. The minimum absolute atomic E-state index is 0.140. The Kier molecular flexibility index (Phi) is 6.17. The maximum Gasteiger partial charge on any atom is 0.230 e. The van der Waals surface area contributed by atoms with E-state index in [1.165, 1.54) is 10.8 Å². The molecule has 3 heterocycles. The third kappa shape index (κ3) is 4.42. The van der Waals surface area contributed by atoms with Gasteiger partial charge in [-0.1, -0.05) is 103 Å². The summed E-state index contributed by atoms with van der Waals surface area (Å²) in [5.74, 6) is 1.59. The van der Waals surface area contributed by atoms with E-state index in [0.29, 0.717) is 0 Å². The molecule has 4 heteroatoms. The molecule has 0 radical (unpaired) electrons. The van der Waals surface area contributed by atoms with E-state index < -0.39 is 0 Å². The quantitative estimate of drug-likeness (QED) is 0.204. The average molecular weight is 593 g/mol. The van der Waals surface area contributed by atoms with Crippen LogP contribution in [0.1, 0.15) is 0 Å². The number of hydrogen-bond acceptors (Lipinski definition) is 3. The van der Waals surface area contributed by atoms with Crippen molar-refractivity contribution in [3.8, 4) is 62.0 Å². The summed E-state index contributed by atoms with van der Waals surface area (Å²) in [6.07, 6.45) is 0. The molecule has 46 heavy (non-hydrogen) atoms. The van der Waals surface area contributed by atoms with Crippen molar-refractivity contribution in [3.63, 3.8) is 0 Å². The van der Waals surface area contributed by atoms with Crippen LogP contribution in [0.3, 0.4) is 0 Å². The number of hydrogen-bond donors (Lipinski definition) is 0. The Morgan fingerprint density at radius 2 is 1.02 bits per heavy atom. The Bertz CT molecular complexity index is 2280. The molecule has 0 saturated carbocycles. The second kappa shape index (κ2) is 10.8. The highest BCUT2D eigenvalue weighted by molar-refractivity contribution is 6.09. The molecule has 6 aromatic carbocycles. The van der Waals surface area contributed by atoms with Crippen molar-refractivity contribution < 1.29 is 9.47 Å². The first-order valence-electron chi connectivity index (χ1n) is 15.5. The first kappa shape index (κ1) is 26.3. The van der Waals surface area contributed by atoms with Gasteiger partial charge in [-0.05, 0) is 59.7 Å². The van der Waals surface area contributed by atoms with Gasteiger partial charge in [0.05, 0.1) is 22.4 Å². The van der Waals surface area contributed by atoms with Gasteiger partial charge in [0, 0.05) is 44.8 Å². The number of pyridine rings is 1. The van der Waals surface area contributed by atoms with Gasteiger partial charge in [-0.3, -0.25) is 0 Å². The molecule has 2 aromatic heterocycles. The molecular formula is C42H28N2O2. The number of benzene rings is 6. The summed E-state index contributed by atoms with van der Waals surface area (Å²) in [5.41, 5.74) is 11.6. The van der Waals surface area contributed by atoms with Gasteiger partial charge in [0.25, 0.3) is 0 Å². The van der Waals surface area contributed by atoms with Crippen LogP contribution in [-0.2, 0) is 0 Å². The predicted octanol–water partition coefficient (Wildman–Crippen LogP) is 10.6. The Labute approximate surface area is 266 Å². The summed E-state index contributed by atoms with van der Waals surface area (Å²) in [5, 5.41) is 2.46. The van der Waals surface area contributed by atoms with Gasteiger partial charge in [-0.15, -0.1) is 0 Å². The molecule has 0 atom stereocenters. The fourth-order valence-corrected chi connectivity index (χ4v) is 6.61. The van der Waals surface area contributed by atoms with Crippen LogP contribution >= 0.6 is 0 Å². The topological polar surface area (TPSA) is 36.3 Å². The van der Waals surface area contributed by atoms with Gasteiger partial charge in [-0.2, -0.15) is 0 Å². The van der Waals surface area contributed by atoms with Crippen molar-refractivity contribution in [2.75, 3.05) is 6.79 Å². The smallest absolute Gasteiger partial charge is 0.230 e. The number of aromatic nitrogens is 2. The molecule has 0 aliphatic carbocycles. The number of ether oxygens (including phenoxy) is 2. The second-order valence-corrected chi connectivity index (χ2v) is 11.5. The molecule has 0 N–H and O–H groups in total. The van der Waals surface area contributed by atoms with Gasteiger partial charge in [0.1, 0.15) is 11.5 Å². The minimum Gasteiger partial charge on any atom is -0.457 e. The van der Waals surface area contributed by atoms with Crippen LogP contribution in [0.25, 0.3) is 72.3 Å². The Morgan fingerprint density at radius 1 is 0.435 bits per heavy atom. The van der Waals surface area contributed by atoms with Gasteiger partial charge in [0.2, 0.25) is 6.79 Å². The summed E-state index contributed by atoms with van der Waals surface area (Å²) in [4.78, 5) is 5.07. The zero-order valence-corrected chi connectivity index (χ0v) is 24.9. The van der Waals surface area contributed by atoms with E-state index in [2.05, 4.69) is 150 Å². The van der Waals surface area contributed by atoms with E-state index in [9.17, 15) is 0 Å². The normalized spacial score (nSPS) is 12.2. The van der Waals surface area contributed by atoms with Crippen LogP contribution in [0.4, 0.5) is 0 Å². The fraction of sp³-hybridized carbons (Fsp3) is 0.0238. The molecule has 0 fully saturated rings. The molecule has 9 rings (SSSR count). The molecule has 0 unspecified atom stereocenters. The number of fused-ring (bicyclic) bond motifs is 6. The lowest BCUT2D eigenvalue weighted by Gasteiger charge is -2.14. The number of para-hydroxylation sites is 2. The number of nitrogens with zero attached hydrogens (tertiary/aromatic N) is 2. The molecule has 0 saturated heterocycles. The van der Waals surface area contributed by atoms with Crippen molar-refractivity contribution in [2.24, 2.45) is 0 Å². The van der Waals surface area contributed by atoms with Crippen LogP contribution in [0, 0.1) is 0 Å². The molecule has 218 valence electrons.